The van der Waals surface area contributed by atoms with Gasteiger partial charge < -0.3 is 15.3 Å². The first-order valence-corrected chi connectivity index (χ1v) is 11.7. The minimum Gasteiger partial charge on any atom is -0.395 e. The second-order valence-corrected chi connectivity index (χ2v) is 10.9. The van der Waals surface area contributed by atoms with Crippen molar-refractivity contribution in [3.8, 4) is 0 Å². The van der Waals surface area contributed by atoms with E-state index >= 15 is 0 Å². The number of piperidine rings is 1. The van der Waals surface area contributed by atoms with Crippen LogP contribution in [0.5, 0.6) is 0 Å². The lowest BCUT2D eigenvalue weighted by Gasteiger charge is -2.52. The van der Waals surface area contributed by atoms with Crippen molar-refractivity contribution in [1.82, 2.24) is 15.2 Å². The molecule has 1 fully saturated rings. The highest BCUT2D eigenvalue weighted by Crippen LogP contribution is 2.49. The number of halogens is 2. The van der Waals surface area contributed by atoms with Crippen molar-refractivity contribution < 1.29 is 14.7 Å². The zero-order chi connectivity index (χ0) is 24.4. The van der Waals surface area contributed by atoms with Gasteiger partial charge in [0.15, 0.2) is 0 Å². The van der Waals surface area contributed by atoms with Gasteiger partial charge >= 0.3 is 0 Å². The molecule has 0 saturated carbocycles. The Morgan fingerprint density at radius 1 is 1.21 bits per heavy atom. The minimum atomic E-state index is -0.722. The first kappa shape index (κ1) is 25.5. The maximum Gasteiger partial charge on any atom is 0.251 e. The third kappa shape index (κ3) is 5.34. The van der Waals surface area contributed by atoms with E-state index in [0.717, 1.165) is 0 Å². The van der Waals surface area contributed by atoms with E-state index in [-0.39, 0.29) is 24.8 Å². The van der Waals surface area contributed by atoms with Crippen molar-refractivity contribution in [3.05, 3.63) is 63.9 Å². The first-order chi connectivity index (χ1) is 15.4. The SMILES string of the molecule is CC(C)(CC(=O)N1CC[C@@](CO)(c2ncc(Cl)cc2Cl)C(C)(C)C1)NC(=O)c1ccccc1. The summed E-state index contributed by atoms with van der Waals surface area (Å²) in [5, 5.41) is 14.3. The lowest BCUT2D eigenvalue weighted by Crippen LogP contribution is -2.59. The van der Waals surface area contributed by atoms with Gasteiger partial charge in [-0.3, -0.25) is 14.6 Å². The predicted molar refractivity (Wildman–Crippen MR) is 131 cm³/mol. The fourth-order valence-corrected chi connectivity index (χ4v) is 5.22. The van der Waals surface area contributed by atoms with Crippen LogP contribution in [-0.4, -0.2) is 52.0 Å². The lowest BCUT2D eigenvalue weighted by molar-refractivity contribution is -0.138. The number of amides is 2. The number of carbonyl (C=O) groups excluding carboxylic acids is 2. The summed E-state index contributed by atoms with van der Waals surface area (Å²) >= 11 is 12.5. The fraction of sp³-hybridized carbons (Fsp3) is 0.480. The summed E-state index contributed by atoms with van der Waals surface area (Å²) < 4.78 is 0. The van der Waals surface area contributed by atoms with E-state index in [9.17, 15) is 14.7 Å². The quantitative estimate of drug-likeness (QED) is 0.623. The van der Waals surface area contributed by atoms with E-state index in [4.69, 9.17) is 23.2 Å². The zero-order valence-electron chi connectivity index (χ0n) is 19.5. The van der Waals surface area contributed by atoms with Crippen LogP contribution in [0.2, 0.25) is 10.0 Å². The van der Waals surface area contributed by atoms with Gasteiger partial charge in [-0.1, -0.05) is 55.2 Å². The van der Waals surface area contributed by atoms with Gasteiger partial charge in [-0.05, 0) is 43.9 Å². The molecule has 2 N–H and O–H groups in total. The number of aliphatic hydroxyl groups is 1. The molecule has 1 aromatic carbocycles. The molecule has 1 aliphatic rings. The van der Waals surface area contributed by atoms with Gasteiger partial charge in [-0.15, -0.1) is 0 Å². The molecular weight excluding hydrogens is 461 g/mol. The average Bonchev–Trinajstić information content (AvgIpc) is 2.73. The van der Waals surface area contributed by atoms with Gasteiger partial charge in [0.1, 0.15) is 0 Å². The molecule has 2 amide bonds. The summed E-state index contributed by atoms with van der Waals surface area (Å²) in [5.74, 6) is -0.265. The molecule has 8 heteroatoms. The molecule has 1 atom stereocenters. The number of pyridine rings is 1. The van der Waals surface area contributed by atoms with Crippen LogP contribution in [0.4, 0.5) is 0 Å². The minimum absolute atomic E-state index is 0.0526. The lowest BCUT2D eigenvalue weighted by atomic mass is 9.59. The number of aliphatic hydroxyl groups excluding tert-OH is 1. The smallest absolute Gasteiger partial charge is 0.251 e. The van der Waals surface area contributed by atoms with Crippen LogP contribution in [0.1, 0.15) is 56.6 Å². The Kier molecular flexibility index (Phi) is 7.42. The van der Waals surface area contributed by atoms with E-state index in [1.54, 1.807) is 35.2 Å². The number of benzene rings is 1. The van der Waals surface area contributed by atoms with Crippen molar-refractivity contribution in [2.45, 2.75) is 51.5 Å². The van der Waals surface area contributed by atoms with E-state index in [1.807, 2.05) is 33.8 Å². The van der Waals surface area contributed by atoms with Gasteiger partial charge in [0.2, 0.25) is 5.91 Å². The van der Waals surface area contributed by atoms with Crippen LogP contribution >= 0.6 is 23.2 Å². The van der Waals surface area contributed by atoms with E-state index in [1.165, 1.54) is 6.20 Å². The van der Waals surface area contributed by atoms with Crippen LogP contribution in [-0.2, 0) is 10.2 Å². The van der Waals surface area contributed by atoms with Gasteiger partial charge in [-0.25, -0.2) is 0 Å². The third-order valence-electron chi connectivity index (χ3n) is 6.65. The van der Waals surface area contributed by atoms with E-state index in [2.05, 4.69) is 10.3 Å². The number of hydrogen-bond donors (Lipinski definition) is 2. The summed E-state index contributed by atoms with van der Waals surface area (Å²) in [5.41, 5.74) is -0.776. The molecule has 0 unspecified atom stereocenters. The molecule has 1 aliphatic heterocycles. The largest absolute Gasteiger partial charge is 0.395 e. The van der Waals surface area contributed by atoms with Crippen LogP contribution in [0, 0.1) is 5.41 Å². The van der Waals surface area contributed by atoms with Crippen molar-refractivity contribution >= 4 is 35.0 Å². The number of nitrogens with zero attached hydrogens (tertiary/aromatic N) is 2. The first-order valence-electron chi connectivity index (χ1n) is 11.0. The van der Waals surface area contributed by atoms with Crippen LogP contribution in [0.25, 0.3) is 0 Å². The number of rotatable bonds is 6. The Bertz CT molecular complexity index is 1030. The maximum atomic E-state index is 13.2. The molecule has 178 valence electrons. The standard InChI is InChI=1S/C25H31Cl2N3O3/c1-23(2)15-30(11-10-25(23,16-31)21-19(27)12-18(26)14-28-21)20(32)13-24(3,4)29-22(33)17-8-6-5-7-9-17/h5-9,12,14,31H,10-11,13,15-16H2,1-4H3,(H,29,33)/t25-/m1/s1. The Labute approximate surface area is 205 Å². The summed E-state index contributed by atoms with van der Waals surface area (Å²) in [6.07, 6.45) is 2.20. The van der Waals surface area contributed by atoms with Gasteiger partial charge in [0.25, 0.3) is 5.91 Å². The van der Waals surface area contributed by atoms with Crippen LogP contribution in [0.3, 0.4) is 0 Å². The maximum absolute atomic E-state index is 13.2. The molecule has 0 spiro atoms. The second kappa shape index (κ2) is 9.61. The Morgan fingerprint density at radius 3 is 2.45 bits per heavy atom. The van der Waals surface area contributed by atoms with Crippen molar-refractivity contribution in [1.29, 1.82) is 0 Å². The molecule has 2 heterocycles. The predicted octanol–water partition coefficient (Wildman–Crippen LogP) is 4.48. The zero-order valence-corrected chi connectivity index (χ0v) is 21.0. The summed E-state index contributed by atoms with van der Waals surface area (Å²) in [6, 6.07) is 10.6. The number of aromatic nitrogens is 1. The number of hydrogen-bond acceptors (Lipinski definition) is 4. The van der Waals surface area contributed by atoms with Crippen LogP contribution in [0.15, 0.2) is 42.6 Å². The Morgan fingerprint density at radius 2 is 1.88 bits per heavy atom. The summed E-state index contributed by atoms with van der Waals surface area (Å²) in [4.78, 5) is 32.0. The Balaban J connectivity index is 1.73. The van der Waals surface area contributed by atoms with Crippen molar-refractivity contribution in [2.75, 3.05) is 19.7 Å². The molecule has 0 radical (unpaired) electrons. The monoisotopic (exact) mass is 491 g/mol. The van der Waals surface area contributed by atoms with Crippen molar-refractivity contribution in [3.63, 3.8) is 0 Å². The summed E-state index contributed by atoms with van der Waals surface area (Å²) in [6.45, 7) is 8.44. The van der Waals surface area contributed by atoms with Gasteiger partial charge in [0, 0.05) is 42.2 Å². The highest BCUT2D eigenvalue weighted by atomic mass is 35.5. The normalized spacial score (nSPS) is 20.4. The summed E-state index contributed by atoms with van der Waals surface area (Å²) in [7, 11) is 0. The molecule has 2 aromatic rings. The second-order valence-electron chi connectivity index (χ2n) is 10.1. The third-order valence-corrected chi connectivity index (χ3v) is 7.15. The van der Waals surface area contributed by atoms with Gasteiger partial charge in [-0.2, -0.15) is 0 Å². The topological polar surface area (TPSA) is 82.5 Å². The molecule has 6 nitrogen and oxygen atoms in total. The van der Waals surface area contributed by atoms with Gasteiger partial charge in [0.05, 0.1) is 22.3 Å². The molecule has 33 heavy (non-hydrogen) atoms. The molecular formula is C25H31Cl2N3O3. The van der Waals surface area contributed by atoms with Crippen LogP contribution < -0.4 is 5.32 Å². The molecule has 0 aliphatic carbocycles. The highest BCUT2D eigenvalue weighted by Gasteiger charge is 2.52. The highest BCUT2D eigenvalue weighted by molar-refractivity contribution is 6.34. The van der Waals surface area contributed by atoms with E-state index < -0.39 is 16.4 Å². The average molecular weight is 492 g/mol. The van der Waals surface area contributed by atoms with Crippen molar-refractivity contribution in [2.24, 2.45) is 5.41 Å². The number of likely N-dealkylation sites (tertiary alicyclic amines) is 1. The number of carbonyl (C=O) groups is 2. The molecule has 1 saturated heterocycles. The molecule has 1 aromatic heterocycles. The van der Waals surface area contributed by atoms with E-state index in [0.29, 0.717) is 40.8 Å². The Hall–Kier alpha value is -2.15. The molecule has 0 bridgehead atoms. The molecule has 3 rings (SSSR count). The number of nitrogens with one attached hydrogen (secondary N) is 1. The fourth-order valence-electron chi connectivity index (χ4n) is 4.66.